The predicted octanol–water partition coefficient (Wildman–Crippen LogP) is 3.55. The van der Waals surface area contributed by atoms with Gasteiger partial charge in [0.1, 0.15) is 5.82 Å². The highest BCUT2D eigenvalue weighted by molar-refractivity contribution is 7.79. The number of nitrogens with two attached hydrogens (primary N) is 1. The van der Waals surface area contributed by atoms with Gasteiger partial charge in [0.2, 0.25) is 0 Å². The van der Waals surface area contributed by atoms with Crippen molar-refractivity contribution in [3.63, 3.8) is 0 Å². The Balaban J connectivity index is 1.40. The number of primary amides is 1. The minimum absolute atomic E-state index is 0.110. The Morgan fingerprint density at radius 1 is 1.12 bits per heavy atom. The second-order valence-corrected chi connectivity index (χ2v) is 9.26. The number of nitrogens with one attached hydrogen (secondary N) is 2. The van der Waals surface area contributed by atoms with Crippen LogP contribution in [-0.4, -0.2) is 43.5 Å². The molecule has 1 saturated heterocycles. The van der Waals surface area contributed by atoms with Crippen LogP contribution in [0.5, 0.6) is 0 Å². The van der Waals surface area contributed by atoms with Crippen LogP contribution in [0.25, 0.3) is 0 Å². The highest BCUT2D eigenvalue weighted by Crippen LogP contribution is 2.29. The fraction of sp³-hybridized carbons (Fsp3) is 0.280. The number of pyridine rings is 1. The lowest BCUT2D eigenvalue weighted by Crippen LogP contribution is -2.35. The van der Waals surface area contributed by atoms with Crippen LogP contribution in [0.2, 0.25) is 0 Å². The molecule has 8 nitrogen and oxygen atoms in total. The minimum atomic E-state index is -2.03. The number of hydrogen-bond donors (Lipinski definition) is 3. The highest BCUT2D eigenvalue weighted by Gasteiger charge is 2.20. The van der Waals surface area contributed by atoms with Crippen LogP contribution in [-0.2, 0) is 17.6 Å². The fourth-order valence-corrected chi connectivity index (χ4v) is 4.75. The van der Waals surface area contributed by atoms with Gasteiger partial charge >= 0.3 is 0 Å². The van der Waals surface area contributed by atoms with Crippen molar-refractivity contribution in [3.8, 4) is 0 Å². The smallest absolute Gasteiger partial charge is 0.252 e. The van der Waals surface area contributed by atoms with Gasteiger partial charge < -0.3 is 20.9 Å². The number of likely N-dealkylation sites (tertiary alicyclic amines) is 1. The number of carbonyl (C=O) groups excluding carboxylic acids is 1. The molecule has 2 heterocycles. The quantitative estimate of drug-likeness (QED) is 0.402. The number of nitrogens with zero attached hydrogens (tertiary/aromatic N) is 2. The standard InChI is InChI=1S/C25H29N5O3S/c26-25(31)22-16-28-24(14-23(22)27-15-18-4-2-1-3-5-18)29-21-8-6-19(7-9-21)20-10-12-30(13-11-20)17-34(32)33/h1-9,14,16,20H,10-13,15,17H2,(H2,26,31)(H,32,33)(H2,27,28,29)/p-1. The van der Waals surface area contributed by atoms with Gasteiger partial charge in [-0.3, -0.25) is 13.9 Å². The monoisotopic (exact) mass is 478 g/mol. The lowest BCUT2D eigenvalue weighted by atomic mass is 9.89. The first-order valence-electron chi connectivity index (χ1n) is 11.2. The van der Waals surface area contributed by atoms with E-state index in [-0.39, 0.29) is 5.88 Å². The van der Waals surface area contributed by atoms with Crippen molar-refractivity contribution >= 4 is 34.2 Å². The number of piperidine rings is 1. The summed E-state index contributed by atoms with van der Waals surface area (Å²) >= 11 is -2.03. The van der Waals surface area contributed by atoms with E-state index in [0.29, 0.717) is 29.5 Å². The summed E-state index contributed by atoms with van der Waals surface area (Å²) in [6.45, 7) is 2.13. The van der Waals surface area contributed by atoms with Crippen LogP contribution in [0.15, 0.2) is 66.9 Å². The number of benzene rings is 2. The molecule has 1 unspecified atom stereocenters. The average molecular weight is 479 g/mol. The van der Waals surface area contributed by atoms with Crippen molar-refractivity contribution < 1.29 is 13.6 Å². The summed E-state index contributed by atoms with van der Waals surface area (Å²) in [6.07, 6.45) is 3.36. The minimum Gasteiger partial charge on any atom is -0.771 e. The molecule has 0 aliphatic carbocycles. The van der Waals surface area contributed by atoms with Crippen molar-refractivity contribution in [3.05, 3.63) is 83.6 Å². The van der Waals surface area contributed by atoms with Gasteiger partial charge in [-0.25, -0.2) is 4.98 Å². The summed E-state index contributed by atoms with van der Waals surface area (Å²) in [5, 5.41) is 6.57. The van der Waals surface area contributed by atoms with E-state index in [0.717, 1.165) is 37.2 Å². The lowest BCUT2D eigenvalue weighted by molar-refractivity contribution is 0.100. The zero-order valence-electron chi connectivity index (χ0n) is 18.8. The molecule has 4 rings (SSSR count). The fourth-order valence-electron chi connectivity index (χ4n) is 4.19. The molecule has 0 bridgehead atoms. The maximum atomic E-state index is 11.9. The largest absolute Gasteiger partial charge is 0.771 e. The summed E-state index contributed by atoms with van der Waals surface area (Å²) in [6, 6.07) is 19.9. The number of anilines is 3. The summed E-state index contributed by atoms with van der Waals surface area (Å²) in [5.41, 5.74) is 9.71. The Morgan fingerprint density at radius 2 is 1.82 bits per heavy atom. The maximum absolute atomic E-state index is 11.9. The molecular formula is C25H28N5O3S-. The van der Waals surface area contributed by atoms with Crippen LogP contribution in [0.4, 0.5) is 17.2 Å². The van der Waals surface area contributed by atoms with E-state index in [9.17, 15) is 13.6 Å². The number of aromatic nitrogens is 1. The van der Waals surface area contributed by atoms with Crippen molar-refractivity contribution in [2.24, 2.45) is 5.73 Å². The van der Waals surface area contributed by atoms with Crippen molar-refractivity contribution in [1.82, 2.24) is 9.88 Å². The van der Waals surface area contributed by atoms with E-state index >= 15 is 0 Å². The molecule has 1 atom stereocenters. The van der Waals surface area contributed by atoms with Crippen LogP contribution in [0.1, 0.15) is 40.2 Å². The van der Waals surface area contributed by atoms with Crippen LogP contribution >= 0.6 is 0 Å². The molecule has 34 heavy (non-hydrogen) atoms. The number of amides is 1. The normalized spacial score (nSPS) is 15.6. The van der Waals surface area contributed by atoms with Crippen LogP contribution < -0.4 is 16.4 Å². The molecule has 1 aliphatic heterocycles. The van der Waals surface area contributed by atoms with Crippen molar-refractivity contribution in [1.29, 1.82) is 0 Å². The molecule has 1 aromatic heterocycles. The molecule has 3 aromatic rings. The van der Waals surface area contributed by atoms with Gasteiger partial charge in [-0.2, -0.15) is 0 Å². The second kappa shape index (κ2) is 11.2. The van der Waals surface area contributed by atoms with Gasteiger partial charge in [0.25, 0.3) is 5.91 Å². The number of carbonyl (C=O) groups is 1. The Bertz CT molecular complexity index is 1130. The Kier molecular flexibility index (Phi) is 7.89. The van der Waals surface area contributed by atoms with Gasteiger partial charge in [0.15, 0.2) is 0 Å². The third-order valence-corrected chi connectivity index (χ3v) is 6.60. The molecule has 2 aromatic carbocycles. The summed E-state index contributed by atoms with van der Waals surface area (Å²) in [7, 11) is 0. The van der Waals surface area contributed by atoms with Gasteiger partial charge in [-0.05, 0) is 66.2 Å². The first-order valence-corrected chi connectivity index (χ1v) is 12.4. The molecule has 1 aliphatic rings. The lowest BCUT2D eigenvalue weighted by Gasteiger charge is -2.32. The zero-order chi connectivity index (χ0) is 23.9. The number of rotatable bonds is 9. The summed E-state index contributed by atoms with van der Waals surface area (Å²) in [4.78, 5) is 18.2. The van der Waals surface area contributed by atoms with E-state index < -0.39 is 17.0 Å². The SMILES string of the molecule is NC(=O)c1cnc(Nc2ccc(C3CCN(CS(=O)[O-])CC3)cc2)cc1NCc1ccccc1. The maximum Gasteiger partial charge on any atom is 0.252 e. The molecule has 0 radical (unpaired) electrons. The van der Waals surface area contributed by atoms with E-state index in [4.69, 9.17) is 5.73 Å². The van der Waals surface area contributed by atoms with Gasteiger partial charge in [0, 0.05) is 24.5 Å². The van der Waals surface area contributed by atoms with E-state index in [1.165, 1.54) is 11.8 Å². The van der Waals surface area contributed by atoms with Gasteiger partial charge in [0.05, 0.1) is 17.1 Å². The zero-order valence-corrected chi connectivity index (χ0v) is 19.6. The second-order valence-electron chi connectivity index (χ2n) is 8.39. The van der Waals surface area contributed by atoms with E-state index in [1.54, 1.807) is 6.07 Å². The Morgan fingerprint density at radius 3 is 2.47 bits per heavy atom. The highest BCUT2D eigenvalue weighted by atomic mass is 32.2. The predicted molar refractivity (Wildman–Crippen MR) is 134 cm³/mol. The Hall–Kier alpha value is -3.27. The molecule has 4 N–H and O–H groups in total. The Labute approximate surface area is 201 Å². The van der Waals surface area contributed by atoms with Crippen molar-refractivity contribution in [2.45, 2.75) is 25.3 Å². The molecule has 178 valence electrons. The van der Waals surface area contributed by atoms with E-state index in [1.807, 2.05) is 47.4 Å². The number of hydrogen-bond acceptors (Lipinski definition) is 7. The molecular weight excluding hydrogens is 450 g/mol. The molecule has 0 saturated carbocycles. The van der Waals surface area contributed by atoms with Gasteiger partial charge in [-0.15, -0.1) is 0 Å². The molecule has 0 spiro atoms. The van der Waals surface area contributed by atoms with Crippen LogP contribution in [0, 0.1) is 0 Å². The summed E-state index contributed by atoms with van der Waals surface area (Å²) < 4.78 is 21.8. The summed E-state index contributed by atoms with van der Waals surface area (Å²) in [5.74, 6) is 0.602. The third-order valence-electron chi connectivity index (χ3n) is 6.03. The van der Waals surface area contributed by atoms with E-state index in [2.05, 4.69) is 27.8 Å². The first kappa shape index (κ1) is 23.9. The molecule has 9 heteroatoms. The molecule has 1 fully saturated rings. The third kappa shape index (κ3) is 6.40. The van der Waals surface area contributed by atoms with Gasteiger partial charge in [-0.1, -0.05) is 42.5 Å². The topological polar surface area (TPSA) is 123 Å². The molecule has 1 amide bonds. The first-order chi connectivity index (χ1) is 16.5. The van der Waals surface area contributed by atoms with Crippen molar-refractivity contribution in [2.75, 3.05) is 29.6 Å². The van der Waals surface area contributed by atoms with Crippen LogP contribution in [0.3, 0.4) is 0 Å². The average Bonchev–Trinajstić information content (AvgIpc) is 2.84.